The summed E-state index contributed by atoms with van der Waals surface area (Å²) in [4.78, 5) is 69.9. The molecule has 1 saturated carbocycles. The Balaban J connectivity index is 1.34. The van der Waals surface area contributed by atoms with Crippen molar-refractivity contribution in [2.24, 2.45) is 29.1 Å². The van der Waals surface area contributed by atoms with Gasteiger partial charge >= 0.3 is 5.97 Å². The van der Waals surface area contributed by atoms with Crippen molar-refractivity contribution < 1.29 is 39.3 Å². The Morgan fingerprint density at radius 1 is 0.818 bits per heavy atom. The molecule has 10 nitrogen and oxygen atoms in total. The largest absolute Gasteiger partial charge is 0.508 e. The van der Waals surface area contributed by atoms with Crippen LogP contribution in [0.1, 0.15) is 41.6 Å². The molecule has 222 valence electrons. The number of carboxylic acid groups (broad SMARTS) is 1. The minimum absolute atomic E-state index is 0.00124. The number of aromatic hydroxyl groups is 2. The molecular weight excluding hydrogens is 564 g/mol. The summed E-state index contributed by atoms with van der Waals surface area (Å²) >= 11 is 0. The molecule has 3 fully saturated rings. The van der Waals surface area contributed by atoms with Crippen LogP contribution in [0.25, 0.3) is 0 Å². The Hall–Kier alpha value is -5.25. The third-order valence-corrected chi connectivity index (χ3v) is 9.96. The van der Waals surface area contributed by atoms with Crippen LogP contribution < -0.4 is 9.80 Å². The number of phenols is 2. The molecule has 2 aliphatic heterocycles. The number of carbonyl (C=O) groups excluding carboxylic acids is 4. The van der Waals surface area contributed by atoms with Crippen LogP contribution >= 0.6 is 0 Å². The van der Waals surface area contributed by atoms with Crippen molar-refractivity contribution in [1.29, 1.82) is 0 Å². The van der Waals surface area contributed by atoms with E-state index in [0.29, 0.717) is 11.3 Å². The lowest BCUT2D eigenvalue weighted by molar-refractivity contribution is -0.131. The van der Waals surface area contributed by atoms with Gasteiger partial charge in [0.1, 0.15) is 17.1 Å². The molecule has 0 radical (unpaired) electrons. The number of amides is 4. The van der Waals surface area contributed by atoms with E-state index in [1.807, 2.05) is 6.08 Å². The molecule has 0 aromatic heterocycles. The van der Waals surface area contributed by atoms with Crippen molar-refractivity contribution in [1.82, 2.24) is 0 Å². The molecule has 0 spiro atoms. The van der Waals surface area contributed by atoms with E-state index in [1.54, 1.807) is 55.5 Å². The lowest BCUT2D eigenvalue weighted by Crippen LogP contribution is -2.48. The lowest BCUT2D eigenvalue weighted by Gasteiger charge is -2.49. The van der Waals surface area contributed by atoms with Gasteiger partial charge in [-0.25, -0.2) is 14.6 Å². The van der Waals surface area contributed by atoms with Gasteiger partial charge in [-0.1, -0.05) is 42.0 Å². The van der Waals surface area contributed by atoms with Gasteiger partial charge < -0.3 is 15.3 Å². The number of phenolic OH excluding ortho intramolecular Hbond substituents is 1. The normalized spacial score (nSPS) is 29.3. The molecule has 4 aliphatic rings. The standard InChI is InChI=1S/C34H28N2O8/c1-34-25(30(40)36(33(34)44)18-7-3-2-4-8-18)16-24-21(28(34)17-6-5-9-20(37)14-17)12-13-23-27(24)31(41)35(29(23)39)19-10-11-22(32(42)43)26(38)15-19/h2-12,14-15,23-25,27-28,37-38H,13,16H2,1H3,(H,42,43). The van der Waals surface area contributed by atoms with Gasteiger partial charge in [0.2, 0.25) is 23.6 Å². The van der Waals surface area contributed by atoms with Crippen LogP contribution in [0, 0.1) is 29.1 Å². The zero-order chi connectivity index (χ0) is 31.1. The Morgan fingerprint density at radius 2 is 1.57 bits per heavy atom. The van der Waals surface area contributed by atoms with Crippen LogP contribution in [0.4, 0.5) is 11.4 Å². The summed E-state index contributed by atoms with van der Waals surface area (Å²) in [7, 11) is 0. The summed E-state index contributed by atoms with van der Waals surface area (Å²) in [6.45, 7) is 1.78. The first-order valence-corrected chi connectivity index (χ1v) is 14.4. The number of carbonyl (C=O) groups is 5. The number of hydrogen-bond acceptors (Lipinski definition) is 7. The van der Waals surface area contributed by atoms with Crippen LogP contribution in [-0.2, 0) is 19.2 Å². The SMILES string of the molecule is CC12C(=O)N(c3ccccc3)C(=O)C1CC1C(=CCC3C(=O)N(c4ccc(C(=O)O)c(O)c4)C(=O)C31)C2c1cccc(O)c1. The van der Waals surface area contributed by atoms with Gasteiger partial charge in [0.25, 0.3) is 0 Å². The van der Waals surface area contributed by atoms with Crippen LogP contribution in [0.2, 0.25) is 0 Å². The quantitative estimate of drug-likeness (QED) is 0.301. The Kier molecular flexibility index (Phi) is 6.04. The third kappa shape index (κ3) is 3.69. The number of para-hydroxylation sites is 1. The van der Waals surface area contributed by atoms with Gasteiger partial charge in [-0.3, -0.25) is 19.2 Å². The third-order valence-electron chi connectivity index (χ3n) is 9.96. The highest BCUT2D eigenvalue weighted by Crippen LogP contribution is 2.63. The minimum atomic E-state index is -1.35. The first-order chi connectivity index (χ1) is 21.0. The summed E-state index contributed by atoms with van der Waals surface area (Å²) in [6, 6.07) is 18.8. The summed E-state index contributed by atoms with van der Waals surface area (Å²) in [5, 5.41) is 30.0. The van der Waals surface area contributed by atoms with Crippen LogP contribution in [-0.4, -0.2) is 44.9 Å². The van der Waals surface area contributed by atoms with Crippen LogP contribution in [0.3, 0.4) is 0 Å². The first-order valence-electron chi connectivity index (χ1n) is 14.4. The van der Waals surface area contributed by atoms with Crippen LogP contribution in [0.15, 0.2) is 84.4 Å². The Labute approximate surface area is 251 Å². The number of allylic oxidation sites excluding steroid dienone is 2. The summed E-state index contributed by atoms with van der Waals surface area (Å²) in [6.07, 6.45) is 2.30. The smallest absolute Gasteiger partial charge is 0.339 e. The van der Waals surface area contributed by atoms with Gasteiger partial charge in [-0.05, 0) is 67.6 Å². The molecule has 6 atom stereocenters. The molecule has 6 unspecified atom stereocenters. The predicted molar refractivity (Wildman–Crippen MR) is 157 cm³/mol. The van der Waals surface area contributed by atoms with Gasteiger partial charge in [0, 0.05) is 12.0 Å². The van der Waals surface area contributed by atoms with E-state index in [9.17, 15) is 39.3 Å². The number of hydrogen-bond donors (Lipinski definition) is 3. The van der Waals surface area contributed by atoms with Crippen molar-refractivity contribution >= 4 is 41.0 Å². The zero-order valence-electron chi connectivity index (χ0n) is 23.6. The molecule has 7 rings (SSSR count). The number of fused-ring (bicyclic) bond motifs is 4. The fraction of sp³-hybridized carbons (Fsp3) is 0.265. The molecule has 0 bridgehead atoms. The van der Waals surface area contributed by atoms with E-state index in [1.165, 1.54) is 17.0 Å². The van der Waals surface area contributed by atoms with E-state index in [4.69, 9.17) is 0 Å². The summed E-state index contributed by atoms with van der Waals surface area (Å²) in [5.41, 5.74) is 0.336. The molecule has 3 aromatic carbocycles. The first kappa shape index (κ1) is 27.6. The molecular formula is C34H28N2O8. The topological polar surface area (TPSA) is 153 Å². The summed E-state index contributed by atoms with van der Waals surface area (Å²) < 4.78 is 0. The van der Waals surface area contributed by atoms with E-state index < -0.39 is 58.5 Å². The van der Waals surface area contributed by atoms with Crippen molar-refractivity contribution in [2.75, 3.05) is 9.80 Å². The highest BCUT2D eigenvalue weighted by molar-refractivity contribution is 6.25. The summed E-state index contributed by atoms with van der Waals surface area (Å²) in [5.74, 6) is -7.22. The second-order valence-corrected chi connectivity index (χ2v) is 12.1. The maximum atomic E-state index is 14.3. The van der Waals surface area contributed by atoms with Crippen molar-refractivity contribution in [2.45, 2.75) is 25.7 Å². The number of carboxylic acids is 1. The fourth-order valence-electron chi connectivity index (χ4n) is 8.02. The molecule has 4 amide bonds. The second-order valence-electron chi connectivity index (χ2n) is 12.1. The molecule has 2 heterocycles. The van der Waals surface area contributed by atoms with Gasteiger partial charge in [0.15, 0.2) is 0 Å². The maximum Gasteiger partial charge on any atom is 0.339 e. The fourth-order valence-corrected chi connectivity index (χ4v) is 8.02. The zero-order valence-corrected chi connectivity index (χ0v) is 23.6. The highest BCUT2D eigenvalue weighted by Gasteiger charge is 2.67. The lowest BCUT2D eigenvalue weighted by atomic mass is 9.51. The number of benzene rings is 3. The van der Waals surface area contributed by atoms with E-state index >= 15 is 0 Å². The van der Waals surface area contributed by atoms with Crippen molar-refractivity contribution in [3.63, 3.8) is 0 Å². The maximum absolute atomic E-state index is 14.3. The average molecular weight is 593 g/mol. The van der Waals surface area contributed by atoms with Crippen molar-refractivity contribution in [3.8, 4) is 11.5 Å². The molecule has 3 aromatic rings. The Morgan fingerprint density at radius 3 is 2.25 bits per heavy atom. The molecule has 2 aliphatic carbocycles. The van der Waals surface area contributed by atoms with Crippen molar-refractivity contribution in [3.05, 3.63) is 95.6 Å². The van der Waals surface area contributed by atoms with Gasteiger partial charge in [-0.2, -0.15) is 0 Å². The second kappa shape index (κ2) is 9.63. The monoisotopic (exact) mass is 592 g/mol. The van der Waals surface area contributed by atoms with Crippen LogP contribution in [0.5, 0.6) is 11.5 Å². The molecule has 44 heavy (non-hydrogen) atoms. The highest BCUT2D eigenvalue weighted by atomic mass is 16.4. The molecule has 10 heteroatoms. The predicted octanol–water partition coefficient (Wildman–Crippen LogP) is 4.23. The van der Waals surface area contributed by atoms with Gasteiger partial charge in [0.05, 0.1) is 34.5 Å². The number of nitrogens with zero attached hydrogens (tertiary/aromatic N) is 2. The number of rotatable bonds is 4. The van der Waals surface area contributed by atoms with E-state index in [-0.39, 0.29) is 41.7 Å². The molecule has 2 saturated heterocycles. The average Bonchev–Trinajstić information content (AvgIpc) is 3.36. The Bertz CT molecular complexity index is 1820. The number of imide groups is 2. The van der Waals surface area contributed by atoms with E-state index in [0.717, 1.165) is 22.6 Å². The number of anilines is 2. The minimum Gasteiger partial charge on any atom is -0.508 e. The van der Waals surface area contributed by atoms with Gasteiger partial charge in [-0.15, -0.1) is 0 Å². The van der Waals surface area contributed by atoms with E-state index in [2.05, 4.69) is 0 Å². The molecule has 3 N–H and O–H groups in total. The number of aromatic carboxylic acids is 1.